The van der Waals surface area contributed by atoms with Gasteiger partial charge in [-0.15, -0.1) is 0 Å². The molecule has 4 N–H and O–H groups in total. The number of nitrogens with two attached hydrogens (primary N) is 1. The number of pyridine rings is 1. The lowest BCUT2D eigenvalue weighted by atomic mass is 9.97. The average molecular weight is 630 g/mol. The van der Waals surface area contributed by atoms with Crippen LogP contribution >= 0.6 is 11.8 Å². The molecule has 236 valence electrons. The van der Waals surface area contributed by atoms with Gasteiger partial charge in [0.15, 0.2) is 10.9 Å². The second kappa shape index (κ2) is 15.2. The zero-order valence-corrected chi connectivity index (χ0v) is 26.3. The Morgan fingerprint density at radius 2 is 1.82 bits per heavy atom. The van der Waals surface area contributed by atoms with Crippen molar-refractivity contribution in [3.63, 3.8) is 0 Å². The third-order valence-electron chi connectivity index (χ3n) is 8.22. The van der Waals surface area contributed by atoms with Gasteiger partial charge in [-0.05, 0) is 55.6 Å². The summed E-state index contributed by atoms with van der Waals surface area (Å²) in [6.07, 6.45) is 3.09. The van der Waals surface area contributed by atoms with Crippen LogP contribution in [0.4, 0.5) is 17.2 Å². The topological polar surface area (TPSA) is 148 Å². The second-order valence-corrected chi connectivity index (χ2v) is 12.4. The van der Waals surface area contributed by atoms with Gasteiger partial charge in [-0.3, -0.25) is 14.5 Å². The van der Waals surface area contributed by atoms with E-state index in [2.05, 4.69) is 30.3 Å². The van der Waals surface area contributed by atoms with E-state index in [1.165, 1.54) is 31.5 Å². The molecule has 2 aliphatic rings. The van der Waals surface area contributed by atoms with E-state index in [9.17, 15) is 14.8 Å². The predicted octanol–water partition coefficient (Wildman–Crippen LogP) is 3.24. The monoisotopic (exact) mass is 629 g/mol. The molecule has 2 amide bonds. The summed E-state index contributed by atoms with van der Waals surface area (Å²) in [4.78, 5) is 41.2. The number of hydrogen-bond donors (Lipinski definition) is 3. The minimum atomic E-state index is -0.183. The van der Waals surface area contributed by atoms with Crippen molar-refractivity contribution in [2.45, 2.75) is 43.5 Å². The van der Waals surface area contributed by atoms with Gasteiger partial charge in [-0.1, -0.05) is 23.9 Å². The first kappa shape index (κ1) is 32.2. The molecule has 0 radical (unpaired) electrons. The minimum absolute atomic E-state index is 0.0535. The summed E-state index contributed by atoms with van der Waals surface area (Å²) < 4.78 is 0.885. The van der Waals surface area contributed by atoms with Gasteiger partial charge in [0, 0.05) is 70.3 Å². The van der Waals surface area contributed by atoms with Crippen molar-refractivity contribution in [2.24, 2.45) is 5.92 Å². The zero-order valence-electron chi connectivity index (χ0n) is 25.5. The summed E-state index contributed by atoms with van der Waals surface area (Å²) >= 11 is 1.24. The van der Waals surface area contributed by atoms with Crippen LogP contribution in [0.3, 0.4) is 0 Å². The molecule has 3 aromatic rings. The van der Waals surface area contributed by atoms with Gasteiger partial charge in [0.05, 0.1) is 18.0 Å². The van der Waals surface area contributed by atoms with E-state index in [1.54, 1.807) is 36.4 Å². The van der Waals surface area contributed by atoms with Gasteiger partial charge >= 0.3 is 0 Å². The summed E-state index contributed by atoms with van der Waals surface area (Å²) in [5.74, 6) is 0.972. The SMILES string of the molecule is [C-]#[N+]c1c(N)nc(SCc2cccc(CCC(=O)N3CCN(CC4CCNCC4)CC3)[n+]2[O-])nc1-c1ccc(NC(C)=O)cc1. The third-order valence-corrected chi connectivity index (χ3v) is 9.11. The van der Waals surface area contributed by atoms with Gasteiger partial charge in [0.2, 0.25) is 17.5 Å². The highest BCUT2D eigenvalue weighted by Gasteiger charge is 2.25. The van der Waals surface area contributed by atoms with Gasteiger partial charge in [-0.2, -0.15) is 4.73 Å². The molecule has 0 bridgehead atoms. The molecule has 45 heavy (non-hydrogen) atoms. The summed E-state index contributed by atoms with van der Waals surface area (Å²) in [7, 11) is 0. The lowest BCUT2D eigenvalue weighted by Crippen LogP contribution is -2.50. The number of benzene rings is 1. The molecule has 2 aliphatic heterocycles. The summed E-state index contributed by atoms with van der Waals surface area (Å²) in [6.45, 7) is 15.6. The van der Waals surface area contributed by atoms with Crippen molar-refractivity contribution in [3.05, 3.63) is 70.5 Å². The first-order valence-corrected chi connectivity index (χ1v) is 16.3. The normalized spacial score (nSPS) is 15.9. The van der Waals surface area contributed by atoms with Crippen LogP contribution in [-0.2, 0) is 21.8 Å². The molecule has 0 spiro atoms. The van der Waals surface area contributed by atoms with Gasteiger partial charge in [0.25, 0.3) is 5.69 Å². The molecule has 13 heteroatoms. The molecule has 2 saturated heterocycles. The maximum Gasteiger partial charge on any atom is 0.253 e. The Morgan fingerprint density at radius 1 is 1.11 bits per heavy atom. The van der Waals surface area contributed by atoms with Crippen molar-refractivity contribution < 1.29 is 14.3 Å². The minimum Gasteiger partial charge on any atom is -0.618 e. The first-order chi connectivity index (χ1) is 21.8. The van der Waals surface area contributed by atoms with Crippen molar-refractivity contribution in [1.29, 1.82) is 0 Å². The molecule has 2 fully saturated rings. The number of anilines is 2. The molecule has 2 aromatic heterocycles. The Bertz CT molecular complexity index is 1550. The van der Waals surface area contributed by atoms with Crippen LogP contribution in [0, 0.1) is 17.7 Å². The summed E-state index contributed by atoms with van der Waals surface area (Å²) in [5.41, 5.74) is 8.96. The first-order valence-electron chi connectivity index (χ1n) is 15.3. The average Bonchev–Trinajstić information content (AvgIpc) is 3.04. The quantitative estimate of drug-likeness (QED) is 0.101. The van der Waals surface area contributed by atoms with Crippen molar-refractivity contribution in [1.82, 2.24) is 25.1 Å². The van der Waals surface area contributed by atoms with E-state index in [0.29, 0.717) is 39.9 Å². The lowest BCUT2D eigenvalue weighted by Gasteiger charge is -2.37. The van der Waals surface area contributed by atoms with Crippen LogP contribution in [0.25, 0.3) is 16.1 Å². The molecular weight excluding hydrogens is 590 g/mol. The molecule has 1 aromatic carbocycles. The van der Waals surface area contributed by atoms with Crippen LogP contribution in [0.15, 0.2) is 47.6 Å². The fourth-order valence-electron chi connectivity index (χ4n) is 5.76. The van der Waals surface area contributed by atoms with Gasteiger partial charge < -0.3 is 26.5 Å². The number of nitrogens with zero attached hydrogens (tertiary/aromatic N) is 6. The highest BCUT2D eigenvalue weighted by Crippen LogP contribution is 2.35. The fraction of sp³-hybridized carbons (Fsp3) is 0.438. The number of carbonyl (C=O) groups excluding carboxylic acids is 2. The van der Waals surface area contributed by atoms with E-state index >= 15 is 0 Å². The standard InChI is InChI=1S/C32H39N9O3S/c1-22(42)36-25-8-6-24(7-9-25)29-30(34-2)31(33)38-32(37-29)45-21-27-5-3-4-26(41(27)44)10-11-28(43)40-18-16-39(17-19-40)20-23-12-14-35-15-13-23/h3-9,23,35H,10-21H2,1H3,(H,36,42)(H2,33,37,38). The number of piperidine rings is 1. The molecular formula is C32H39N9O3S. The number of amides is 2. The smallest absolute Gasteiger partial charge is 0.253 e. The van der Waals surface area contributed by atoms with Crippen LogP contribution in [0.1, 0.15) is 37.6 Å². The van der Waals surface area contributed by atoms with E-state index in [4.69, 9.17) is 12.3 Å². The molecule has 0 saturated carbocycles. The predicted molar refractivity (Wildman–Crippen MR) is 174 cm³/mol. The number of piperazine rings is 1. The summed E-state index contributed by atoms with van der Waals surface area (Å²) in [5, 5.41) is 19.7. The van der Waals surface area contributed by atoms with E-state index in [0.717, 1.165) is 56.5 Å². The third kappa shape index (κ3) is 8.48. The van der Waals surface area contributed by atoms with Crippen LogP contribution in [0.2, 0.25) is 0 Å². The van der Waals surface area contributed by atoms with Crippen LogP contribution in [0.5, 0.6) is 0 Å². The Morgan fingerprint density at radius 3 is 2.51 bits per heavy atom. The molecule has 0 atom stereocenters. The molecule has 0 aliphatic carbocycles. The molecule has 4 heterocycles. The maximum atomic E-state index is 13.2. The van der Waals surface area contributed by atoms with Crippen molar-refractivity contribution in [2.75, 3.05) is 56.9 Å². The number of hydrogen-bond acceptors (Lipinski definition) is 9. The number of nitrogens with one attached hydrogen (secondary N) is 2. The maximum absolute atomic E-state index is 13.2. The lowest BCUT2D eigenvalue weighted by molar-refractivity contribution is -0.621. The Balaban J connectivity index is 1.17. The van der Waals surface area contributed by atoms with Gasteiger partial charge in [-0.25, -0.2) is 14.8 Å². The molecule has 5 rings (SSSR count). The largest absolute Gasteiger partial charge is 0.618 e. The highest BCUT2D eigenvalue weighted by molar-refractivity contribution is 7.98. The van der Waals surface area contributed by atoms with Gasteiger partial charge in [0.1, 0.15) is 5.82 Å². The number of aromatic nitrogens is 3. The Labute approximate surface area is 267 Å². The molecule has 0 unspecified atom stereocenters. The molecule has 12 nitrogen and oxygen atoms in total. The zero-order chi connectivity index (χ0) is 31.8. The summed E-state index contributed by atoms with van der Waals surface area (Å²) in [6, 6.07) is 12.3. The Kier molecular flexibility index (Phi) is 10.8. The Hall–Kier alpha value is -4.25. The van der Waals surface area contributed by atoms with E-state index in [-0.39, 0.29) is 35.5 Å². The van der Waals surface area contributed by atoms with Crippen molar-refractivity contribution in [3.8, 4) is 11.3 Å². The number of thioether (sulfide) groups is 1. The van der Waals surface area contributed by atoms with Crippen molar-refractivity contribution >= 4 is 40.8 Å². The number of rotatable bonds is 10. The fourth-order valence-corrected chi connectivity index (χ4v) is 6.57. The van der Waals surface area contributed by atoms with Crippen LogP contribution in [-0.4, -0.2) is 77.4 Å². The number of nitrogen functional groups attached to an aromatic ring is 1. The second-order valence-electron chi connectivity index (χ2n) is 11.4. The van der Waals surface area contributed by atoms with E-state index < -0.39 is 0 Å². The highest BCUT2D eigenvalue weighted by atomic mass is 32.2. The number of aryl methyl sites for hydroxylation is 1. The number of carbonyl (C=O) groups is 2. The van der Waals surface area contributed by atoms with Crippen LogP contribution < -0.4 is 21.1 Å². The van der Waals surface area contributed by atoms with E-state index in [1.807, 2.05) is 11.0 Å².